The SMILES string of the molecule is CCOC(=O)c1cc(-c2ccc(C(F)(F)F)nc2)nn(-c2ccc(F)c(F)c2)c1=O. The van der Waals surface area contributed by atoms with Crippen molar-refractivity contribution in [2.45, 2.75) is 13.1 Å². The molecule has 0 aliphatic carbocycles. The minimum atomic E-state index is -4.66. The molecule has 0 radical (unpaired) electrons. The first-order valence-corrected chi connectivity index (χ1v) is 8.42. The van der Waals surface area contributed by atoms with Crippen LogP contribution in [0.15, 0.2) is 47.4 Å². The molecule has 2 aromatic heterocycles. The van der Waals surface area contributed by atoms with Gasteiger partial charge in [-0.15, -0.1) is 0 Å². The van der Waals surface area contributed by atoms with Crippen LogP contribution in [-0.2, 0) is 10.9 Å². The van der Waals surface area contributed by atoms with Crippen molar-refractivity contribution >= 4 is 5.97 Å². The second-order valence-corrected chi connectivity index (χ2v) is 5.91. The van der Waals surface area contributed by atoms with Crippen LogP contribution in [0.5, 0.6) is 0 Å². The highest BCUT2D eigenvalue weighted by Gasteiger charge is 2.32. The first kappa shape index (κ1) is 21.1. The van der Waals surface area contributed by atoms with Gasteiger partial charge >= 0.3 is 12.1 Å². The number of halogens is 5. The minimum absolute atomic E-state index is 0.0462. The summed E-state index contributed by atoms with van der Waals surface area (Å²) in [6, 6.07) is 5.28. The lowest BCUT2D eigenvalue weighted by molar-refractivity contribution is -0.141. The fourth-order valence-electron chi connectivity index (χ4n) is 2.50. The molecule has 0 bridgehead atoms. The molecule has 0 atom stereocenters. The monoisotopic (exact) mass is 425 g/mol. The van der Waals surface area contributed by atoms with E-state index >= 15 is 0 Å². The van der Waals surface area contributed by atoms with Crippen LogP contribution in [0.1, 0.15) is 23.0 Å². The van der Waals surface area contributed by atoms with E-state index in [0.29, 0.717) is 16.8 Å². The van der Waals surface area contributed by atoms with Crippen molar-refractivity contribution in [2.75, 3.05) is 6.61 Å². The molecule has 0 saturated heterocycles. The number of hydrogen-bond donors (Lipinski definition) is 0. The lowest BCUT2D eigenvalue weighted by Crippen LogP contribution is -2.29. The Morgan fingerprint density at radius 2 is 1.83 bits per heavy atom. The number of aromatic nitrogens is 3. The molecule has 0 fully saturated rings. The normalized spacial score (nSPS) is 11.4. The minimum Gasteiger partial charge on any atom is -0.462 e. The summed E-state index contributed by atoms with van der Waals surface area (Å²) in [5, 5.41) is 3.96. The maximum atomic E-state index is 13.6. The Balaban J connectivity index is 2.20. The Bertz CT molecular complexity index is 1160. The first-order chi connectivity index (χ1) is 14.1. The van der Waals surface area contributed by atoms with Crippen LogP contribution in [0.3, 0.4) is 0 Å². The van der Waals surface area contributed by atoms with Crippen LogP contribution in [0.4, 0.5) is 22.0 Å². The molecule has 0 N–H and O–H groups in total. The van der Waals surface area contributed by atoms with Gasteiger partial charge in [-0.2, -0.15) is 23.0 Å². The summed E-state index contributed by atoms with van der Waals surface area (Å²) in [5.41, 5.74) is -2.89. The molecule has 3 aromatic rings. The second-order valence-electron chi connectivity index (χ2n) is 5.91. The van der Waals surface area contributed by atoms with E-state index in [1.807, 2.05) is 0 Å². The Hall–Kier alpha value is -3.63. The van der Waals surface area contributed by atoms with Crippen LogP contribution in [0.2, 0.25) is 0 Å². The Kier molecular flexibility index (Phi) is 5.63. The Labute approximate surface area is 165 Å². The van der Waals surface area contributed by atoms with Gasteiger partial charge in [0.1, 0.15) is 11.3 Å². The van der Waals surface area contributed by atoms with Crippen molar-refractivity contribution in [2.24, 2.45) is 0 Å². The third kappa shape index (κ3) is 4.19. The number of alkyl halides is 3. The summed E-state index contributed by atoms with van der Waals surface area (Å²) in [7, 11) is 0. The van der Waals surface area contributed by atoms with E-state index in [4.69, 9.17) is 4.74 Å². The van der Waals surface area contributed by atoms with Gasteiger partial charge in [-0.3, -0.25) is 9.78 Å². The van der Waals surface area contributed by atoms with Crippen molar-refractivity contribution in [3.8, 4) is 16.9 Å². The van der Waals surface area contributed by atoms with E-state index in [-0.39, 0.29) is 23.6 Å². The van der Waals surface area contributed by atoms with Crippen LogP contribution >= 0.6 is 0 Å². The van der Waals surface area contributed by atoms with E-state index in [2.05, 4.69) is 10.1 Å². The summed E-state index contributed by atoms with van der Waals surface area (Å²) >= 11 is 0. The maximum absolute atomic E-state index is 13.6. The van der Waals surface area contributed by atoms with Gasteiger partial charge in [0.2, 0.25) is 0 Å². The molecule has 0 aliphatic rings. The second kappa shape index (κ2) is 8.01. The predicted molar refractivity (Wildman–Crippen MR) is 93.9 cm³/mol. The number of rotatable bonds is 4. The van der Waals surface area contributed by atoms with Gasteiger partial charge in [0.05, 0.1) is 18.0 Å². The molecule has 1 aromatic carbocycles. The zero-order valence-corrected chi connectivity index (χ0v) is 15.2. The van der Waals surface area contributed by atoms with Crippen molar-refractivity contribution in [3.63, 3.8) is 0 Å². The number of esters is 1. The van der Waals surface area contributed by atoms with E-state index in [1.165, 1.54) is 6.92 Å². The summed E-state index contributed by atoms with van der Waals surface area (Å²) in [6.45, 7) is 1.45. The molecule has 3 rings (SSSR count). The highest BCUT2D eigenvalue weighted by atomic mass is 19.4. The number of nitrogens with zero attached hydrogens (tertiary/aromatic N) is 3. The zero-order chi connectivity index (χ0) is 22.1. The van der Waals surface area contributed by atoms with Gasteiger partial charge in [0, 0.05) is 17.8 Å². The number of pyridine rings is 1. The smallest absolute Gasteiger partial charge is 0.433 e. The van der Waals surface area contributed by atoms with Gasteiger partial charge in [-0.05, 0) is 37.3 Å². The molecule has 0 unspecified atom stereocenters. The molecule has 0 saturated carbocycles. The molecule has 30 heavy (non-hydrogen) atoms. The molecule has 156 valence electrons. The molecule has 0 amide bonds. The summed E-state index contributed by atoms with van der Waals surface area (Å²) in [5.74, 6) is -3.44. The lowest BCUT2D eigenvalue weighted by atomic mass is 10.1. The highest BCUT2D eigenvalue weighted by Crippen LogP contribution is 2.28. The van der Waals surface area contributed by atoms with Gasteiger partial charge in [0.25, 0.3) is 5.56 Å². The van der Waals surface area contributed by atoms with Gasteiger partial charge < -0.3 is 4.74 Å². The zero-order valence-electron chi connectivity index (χ0n) is 15.2. The van der Waals surface area contributed by atoms with Crippen LogP contribution in [0, 0.1) is 11.6 Å². The number of hydrogen-bond acceptors (Lipinski definition) is 5. The molecule has 6 nitrogen and oxygen atoms in total. The van der Waals surface area contributed by atoms with Gasteiger partial charge in [-0.25, -0.2) is 13.6 Å². The highest BCUT2D eigenvalue weighted by molar-refractivity contribution is 5.90. The van der Waals surface area contributed by atoms with Crippen LogP contribution in [0.25, 0.3) is 16.9 Å². The van der Waals surface area contributed by atoms with Crippen molar-refractivity contribution in [1.29, 1.82) is 0 Å². The molecule has 0 aliphatic heterocycles. The number of benzene rings is 1. The van der Waals surface area contributed by atoms with Crippen LogP contribution in [-0.4, -0.2) is 27.3 Å². The number of ether oxygens (including phenoxy) is 1. The van der Waals surface area contributed by atoms with E-state index in [9.17, 15) is 31.5 Å². The quantitative estimate of drug-likeness (QED) is 0.470. The predicted octanol–water partition coefficient (Wildman–Crippen LogP) is 3.77. The van der Waals surface area contributed by atoms with Crippen molar-refractivity contribution < 1.29 is 31.5 Å². The average Bonchev–Trinajstić information content (AvgIpc) is 2.70. The third-order valence-electron chi connectivity index (χ3n) is 3.90. The lowest BCUT2D eigenvalue weighted by Gasteiger charge is -2.11. The molecular formula is C19H12F5N3O3. The third-order valence-corrected chi connectivity index (χ3v) is 3.90. The topological polar surface area (TPSA) is 74.1 Å². The first-order valence-electron chi connectivity index (χ1n) is 8.42. The fourth-order valence-corrected chi connectivity index (χ4v) is 2.50. The van der Waals surface area contributed by atoms with E-state index < -0.39 is 40.6 Å². The fraction of sp³-hybridized carbons (Fsp3) is 0.158. The molecule has 0 spiro atoms. The van der Waals surface area contributed by atoms with Gasteiger partial charge in [0.15, 0.2) is 11.6 Å². The standard InChI is InChI=1S/C19H12F5N3O3/c1-2-30-18(29)12-8-15(10-3-6-16(25-9-10)19(22,23)24)26-27(17(12)28)11-4-5-13(20)14(21)7-11/h3-9H,2H2,1H3. The summed E-state index contributed by atoms with van der Waals surface area (Å²) in [6.07, 6.45) is -3.80. The van der Waals surface area contributed by atoms with Crippen LogP contribution < -0.4 is 5.56 Å². The number of carbonyl (C=O) groups excluding carboxylic acids is 1. The van der Waals surface area contributed by atoms with Crippen molar-refractivity contribution in [1.82, 2.24) is 14.8 Å². The average molecular weight is 425 g/mol. The summed E-state index contributed by atoms with van der Waals surface area (Å²) in [4.78, 5) is 28.2. The van der Waals surface area contributed by atoms with Crippen molar-refractivity contribution in [3.05, 3.63) is 75.8 Å². The number of carbonyl (C=O) groups is 1. The Morgan fingerprint density at radius 3 is 2.40 bits per heavy atom. The Morgan fingerprint density at radius 1 is 1.10 bits per heavy atom. The molecule has 2 heterocycles. The van der Waals surface area contributed by atoms with Gasteiger partial charge in [-0.1, -0.05) is 0 Å². The van der Waals surface area contributed by atoms with E-state index in [0.717, 1.165) is 30.5 Å². The maximum Gasteiger partial charge on any atom is 0.433 e. The molecular weight excluding hydrogens is 413 g/mol. The summed E-state index contributed by atoms with van der Waals surface area (Å²) < 4.78 is 70.5. The van der Waals surface area contributed by atoms with E-state index in [1.54, 1.807) is 0 Å². The molecule has 11 heteroatoms. The largest absolute Gasteiger partial charge is 0.462 e.